The lowest BCUT2D eigenvalue weighted by Gasteiger charge is -2.20. The topological polar surface area (TPSA) is 40.5 Å². The summed E-state index contributed by atoms with van der Waals surface area (Å²) in [5, 5.41) is 10.7. The molecule has 0 fully saturated rings. The lowest BCUT2D eigenvalue weighted by molar-refractivity contribution is 0.202. The Hall–Kier alpha value is -1.88. The van der Waals surface area contributed by atoms with Crippen LogP contribution in [0.3, 0.4) is 0 Å². The molecule has 2 aromatic rings. The summed E-state index contributed by atoms with van der Waals surface area (Å²) >= 11 is 3.38. The summed E-state index contributed by atoms with van der Waals surface area (Å²) in [6, 6.07) is 7.70. The van der Waals surface area contributed by atoms with Crippen LogP contribution < -0.4 is 4.90 Å². The van der Waals surface area contributed by atoms with Crippen LogP contribution in [0.4, 0.5) is 14.9 Å². The average molecular weight is 324 g/mol. The normalized spacial score (nSPS) is 10.4. The molecule has 0 aliphatic rings. The molecule has 0 saturated heterocycles. The van der Waals surface area contributed by atoms with Crippen LogP contribution in [0.25, 0.3) is 10.8 Å². The van der Waals surface area contributed by atoms with Crippen molar-refractivity contribution in [1.82, 2.24) is 0 Å². The van der Waals surface area contributed by atoms with E-state index in [1.807, 2.05) is 0 Å². The van der Waals surface area contributed by atoms with Crippen molar-refractivity contribution in [3.63, 3.8) is 0 Å². The summed E-state index contributed by atoms with van der Waals surface area (Å²) in [6.45, 7) is 3.72. The predicted molar refractivity (Wildman–Crippen MR) is 77.2 cm³/mol. The number of nitrogens with zero attached hydrogens (tertiary/aromatic N) is 1. The Labute approximate surface area is 118 Å². The fourth-order valence-corrected chi connectivity index (χ4v) is 2.58. The van der Waals surface area contributed by atoms with E-state index in [1.165, 1.54) is 23.1 Å². The predicted octanol–water partition coefficient (Wildman–Crippen LogP) is 4.41. The van der Waals surface area contributed by atoms with Crippen LogP contribution in [0, 0.1) is 5.82 Å². The number of fused-ring (bicyclic) bond motifs is 1. The lowest BCUT2D eigenvalue weighted by Crippen LogP contribution is -2.29. The number of anilines is 1. The molecule has 0 unspecified atom stereocenters. The van der Waals surface area contributed by atoms with Crippen LogP contribution in [-0.2, 0) is 0 Å². The number of halogens is 2. The van der Waals surface area contributed by atoms with Gasteiger partial charge in [0.05, 0.1) is 5.69 Å². The van der Waals surface area contributed by atoms with E-state index in [-0.39, 0.29) is 12.4 Å². The highest BCUT2D eigenvalue weighted by molar-refractivity contribution is 9.10. The van der Waals surface area contributed by atoms with E-state index in [0.29, 0.717) is 15.5 Å². The number of hydrogen-bond donors (Lipinski definition) is 1. The van der Waals surface area contributed by atoms with Crippen LogP contribution in [-0.4, -0.2) is 17.7 Å². The van der Waals surface area contributed by atoms with Crippen molar-refractivity contribution in [3.05, 3.63) is 53.3 Å². The summed E-state index contributed by atoms with van der Waals surface area (Å²) in [7, 11) is 0. The first-order chi connectivity index (χ1) is 9.04. The van der Waals surface area contributed by atoms with Gasteiger partial charge < -0.3 is 5.11 Å². The molecule has 0 radical (unpaired) electrons. The zero-order valence-corrected chi connectivity index (χ0v) is 11.5. The molecule has 0 saturated carbocycles. The number of carboxylic acid groups (broad SMARTS) is 1. The second kappa shape index (κ2) is 5.40. The number of carbonyl (C=O) groups is 1. The molecule has 98 valence electrons. The van der Waals surface area contributed by atoms with Gasteiger partial charge in [0, 0.05) is 11.0 Å². The summed E-state index contributed by atoms with van der Waals surface area (Å²) in [6.07, 6.45) is 0.442. The fourth-order valence-electron chi connectivity index (χ4n) is 1.87. The molecule has 0 bridgehead atoms. The molecule has 0 atom stereocenters. The van der Waals surface area contributed by atoms with Gasteiger partial charge in [0.2, 0.25) is 0 Å². The summed E-state index contributed by atoms with van der Waals surface area (Å²) < 4.78 is 13.8. The highest BCUT2D eigenvalue weighted by Crippen LogP contribution is 2.34. The van der Waals surface area contributed by atoms with Crippen LogP contribution in [0.1, 0.15) is 0 Å². The summed E-state index contributed by atoms with van der Waals surface area (Å²) in [4.78, 5) is 12.4. The van der Waals surface area contributed by atoms with Crippen molar-refractivity contribution >= 4 is 38.5 Å². The Bertz CT molecular complexity index is 657. The molecule has 2 rings (SSSR count). The van der Waals surface area contributed by atoms with Crippen molar-refractivity contribution in [1.29, 1.82) is 0 Å². The third-order valence-electron chi connectivity index (χ3n) is 2.73. The van der Waals surface area contributed by atoms with Crippen LogP contribution in [0.5, 0.6) is 0 Å². The van der Waals surface area contributed by atoms with Gasteiger partial charge in [-0.1, -0.05) is 18.2 Å². The molecule has 5 heteroatoms. The first kappa shape index (κ1) is 13.5. The third kappa shape index (κ3) is 2.61. The van der Waals surface area contributed by atoms with Gasteiger partial charge in [-0.2, -0.15) is 0 Å². The second-order valence-electron chi connectivity index (χ2n) is 3.95. The molecule has 0 spiro atoms. The van der Waals surface area contributed by atoms with Gasteiger partial charge in [0.15, 0.2) is 0 Å². The van der Waals surface area contributed by atoms with E-state index < -0.39 is 6.09 Å². The summed E-state index contributed by atoms with van der Waals surface area (Å²) in [5.74, 6) is -0.326. The number of benzene rings is 2. The van der Waals surface area contributed by atoms with Gasteiger partial charge in [0.1, 0.15) is 5.82 Å². The fraction of sp³-hybridized carbons (Fsp3) is 0.0714. The van der Waals surface area contributed by atoms with Crippen molar-refractivity contribution < 1.29 is 14.3 Å². The zero-order chi connectivity index (χ0) is 14.0. The molecule has 0 heterocycles. The van der Waals surface area contributed by atoms with Crippen molar-refractivity contribution in [3.8, 4) is 0 Å². The first-order valence-corrected chi connectivity index (χ1v) is 6.33. The largest absolute Gasteiger partial charge is 0.465 e. The molecule has 1 amide bonds. The number of hydrogen-bond acceptors (Lipinski definition) is 1. The zero-order valence-electron chi connectivity index (χ0n) is 9.94. The Morgan fingerprint density at radius 3 is 2.79 bits per heavy atom. The molecule has 2 aromatic carbocycles. The third-order valence-corrected chi connectivity index (χ3v) is 3.56. The van der Waals surface area contributed by atoms with Gasteiger partial charge in [-0.05, 0) is 44.9 Å². The van der Waals surface area contributed by atoms with E-state index in [0.717, 1.165) is 5.39 Å². The highest BCUT2D eigenvalue weighted by Gasteiger charge is 2.17. The van der Waals surface area contributed by atoms with E-state index in [4.69, 9.17) is 0 Å². The maximum Gasteiger partial charge on any atom is 0.412 e. The second-order valence-corrected chi connectivity index (χ2v) is 4.74. The van der Waals surface area contributed by atoms with Gasteiger partial charge in [-0.3, -0.25) is 4.90 Å². The maximum absolute atomic E-state index is 13.1. The molecule has 1 N–H and O–H groups in total. The average Bonchev–Trinajstić information content (AvgIpc) is 2.36. The first-order valence-electron chi connectivity index (χ1n) is 5.53. The van der Waals surface area contributed by atoms with Crippen molar-refractivity contribution in [2.45, 2.75) is 0 Å². The minimum absolute atomic E-state index is 0.181. The van der Waals surface area contributed by atoms with E-state index in [1.54, 1.807) is 18.2 Å². The monoisotopic (exact) mass is 323 g/mol. The van der Waals surface area contributed by atoms with Crippen LogP contribution >= 0.6 is 15.9 Å². The summed E-state index contributed by atoms with van der Waals surface area (Å²) in [5.41, 5.74) is 0.506. The molecule has 0 aliphatic heterocycles. The van der Waals surface area contributed by atoms with Crippen molar-refractivity contribution in [2.24, 2.45) is 0 Å². The lowest BCUT2D eigenvalue weighted by atomic mass is 10.1. The van der Waals surface area contributed by atoms with Gasteiger partial charge in [0.25, 0.3) is 0 Å². The van der Waals surface area contributed by atoms with Gasteiger partial charge in [-0.25, -0.2) is 9.18 Å². The van der Waals surface area contributed by atoms with Crippen molar-refractivity contribution in [2.75, 3.05) is 11.4 Å². The van der Waals surface area contributed by atoms with Crippen LogP contribution in [0.15, 0.2) is 47.5 Å². The molecule has 0 aromatic heterocycles. The van der Waals surface area contributed by atoms with Gasteiger partial charge in [-0.15, -0.1) is 6.58 Å². The quantitative estimate of drug-likeness (QED) is 0.850. The van der Waals surface area contributed by atoms with E-state index in [9.17, 15) is 14.3 Å². The minimum Gasteiger partial charge on any atom is -0.465 e. The molecule has 19 heavy (non-hydrogen) atoms. The molecular formula is C14H11BrFNO2. The maximum atomic E-state index is 13.1. The van der Waals surface area contributed by atoms with E-state index >= 15 is 0 Å². The number of amides is 1. The number of rotatable bonds is 3. The highest BCUT2D eigenvalue weighted by atomic mass is 79.9. The smallest absolute Gasteiger partial charge is 0.412 e. The Morgan fingerprint density at radius 1 is 1.42 bits per heavy atom. The van der Waals surface area contributed by atoms with E-state index in [2.05, 4.69) is 22.5 Å². The minimum atomic E-state index is -1.07. The molecule has 3 nitrogen and oxygen atoms in total. The van der Waals surface area contributed by atoms with Crippen LogP contribution in [0.2, 0.25) is 0 Å². The molecular weight excluding hydrogens is 313 g/mol. The molecule has 0 aliphatic carbocycles. The van der Waals surface area contributed by atoms with Gasteiger partial charge >= 0.3 is 6.09 Å². The standard InChI is InChI=1S/C14H11BrFNO2/c1-2-7-17(14(18)19)12-6-3-9-8-10(16)4-5-11(9)13(12)15/h2-6,8H,1,7H2,(H,18,19). The Kier molecular flexibility index (Phi) is 3.85. The Balaban J connectivity index is 2.61. The Morgan fingerprint density at radius 2 is 2.16 bits per heavy atom. The SMILES string of the molecule is C=CCN(C(=O)O)c1ccc2cc(F)ccc2c1Br.